The van der Waals surface area contributed by atoms with Crippen molar-refractivity contribution < 1.29 is 19.5 Å². The fraction of sp³-hybridized carbons (Fsp3) is 0.545. The lowest BCUT2D eigenvalue weighted by molar-refractivity contribution is -0.150. The molecule has 0 saturated heterocycles. The van der Waals surface area contributed by atoms with Gasteiger partial charge in [0.15, 0.2) is 0 Å². The minimum Gasteiger partial charge on any atom is -0.474 e. The van der Waals surface area contributed by atoms with Gasteiger partial charge in [-0.3, -0.25) is 9.59 Å². The number of carboxylic acids is 1. The first-order valence-corrected chi connectivity index (χ1v) is 5.49. The molecule has 0 heterocycles. The van der Waals surface area contributed by atoms with Crippen molar-refractivity contribution >= 4 is 17.8 Å². The van der Waals surface area contributed by atoms with Crippen LogP contribution < -0.4 is 10.6 Å². The molecule has 0 radical (unpaired) electrons. The molecule has 3 N–H and O–H groups in total. The molecule has 0 spiro atoms. The lowest BCUT2D eigenvalue weighted by Gasteiger charge is -2.03. The van der Waals surface area contributed by atoms with Crippen molar-refractivity contribution in [1.29, 1.82) is 0 Å². The van der Waals surface area contributed by atoms with E-state index < -0.39 is 11.9 Å². The molecular weight excluding hydrogens is 224 g/mol. The first kappa shape index (κ1) is 15.2. The maximum Gasteiger partial charge on any atom is 0.394 e. The van der Waals surface area contributed by atoms with Crippen LogP contribution in [0.2, 0.25) is 0 Å². The zero-order chi connectivity index (χ0) is 13.1. The Bertz CT molecular complexity index is 289. The van der Waals surface area contributed by atoms with Crippen molar-refractivity contribution in [3.05, 3.63) is 12.7 Å². The highest BCUT2D eigenvalue weighted by Crippen LogP contribution is 1.97. The predicted molar refractivity (Wildman–Crippen MR) is 62.3 cm³/mol. The first-order valence-electron chi connectivity index (χ1n) is 5.49. The van der Waals surface area contributed by atoms with Crippen LogP contribution in [0.4, 0.5) is 0 Å². The average molecular weight is 242 g/mol. The Labute approximate surface area is 100 Å². The monoisotopic (exact) mass is 242 g/mol. The molecule has 0 atom stereocenters. The summed E-state index contributed by atoms with van der Waals surface area (Å²) in [5.74, 6) is -2.61. The molecule has 6 nitrogen and oxygen atoms in total. The van der Waals surface area contributed by atoms with E-state index in [0.29, 0.717) is 13.1 Å². The van der Waals surface area contributed by atoms with E-state index in [1.54, 1.807) is 0 Å². The van der Waals surface area contributed by atoms with Gasteiger partial charge in [0.05, 0.1) is 0 Å². The van der Waals surface area contributed by atoms with E-state index in [0.717, 1.165) is 25.7 Å². The molecule has 0 fully saturated rings. The molecule has 17 heavy (non-hydrogen) atoms. The number of hydrogen-bond acceptors (Lipinski definition) is 3. The molecule has 0 aliphatic rings. The Morgan fingerprint density at radius 3 is 2.00 bits per heavy atom. The maximum atomic E-state index is 10.8. The highest BCUT2D eigenvalue weighted by molar-refractivity contribution is 6.31. The summed E-state index contributed by atoms with van der Waals surface area (Å²) in [4.78, 5) is 31.5. The molecular formula is C11H18N2O4. The molecule has 0 aliphatic heterocycles. The van der Waals surface area contributed by atoms with Gasteiger partial charge < -0.3 is 15.7 Å². The van der Waals surface area contributed by atoms with Crippen LogP contribution in [0.25, 0.3) is 0 Å². The van der Waals surface area contributed by atoms with Gasteiger partial charge in [-0.05, 0) is 18.9 Å². The van der Waals surface area contributed by atoms with Crippen molar-refractivity contribution in [2.45, 2.75) is 25.7 Å². The van der Waals surface area contributed by atoms with Gasteiger partial charge in [-0.15, -0.1) is 0 Å². The fourth-order valence-electron chi connectivity index (χ4n) is 1.16. The van der Waals surface area contributed by atoms with E-state index in [9.17, 15) is 14.4 Å². The Hall–Kier alpha value is -1.85. The van der Waals surface area contributed by atoms with Crippen molar-refractivity contribution in [3.63, 3.8) is 0 Å². The molecule has 0 unspecified atom stereocenters. The number of rotatable bonds is 8. The average Bonchev–Trinajstić information content (AvgIpc) is 2.31. The van der Waals surface area contributed by atoms with E-state index in [1.165, 1.54) is 6.08 Å². The van der Waals surface area contributed by atoms with Crippen molar-refractivity contribution in [3.8, 4) is 0 Å². The standard InChI is InChI=1S/C11H18N2O4/c1-2-9(14)12-7-5-3-4-6-8-13-10(15)11(16)17/h2H,1,3-8H2,(H,12,14)(H,13,15)(H,16,17). The number of carboxylic acid groups (broad SMARTS) is 1. The van der Waals surface area contributed by atoms with E-state index in [2.05, 4.69) is 17.2 Å². The van der Waals surface area contributed by atoms with Crippen LogP contribution in [0.1, 0.15) is 25.7 Å². The van der Waals surface area contributed by atoms with Crippen LogP contribution in [0.3, 0.4) is 0 Å². The van der Waals surface area contributed by atoms with Crippen molar-refractivity contribution in [1.82, 2.24) is 10.6 Å². The van der Waals surface area contributed by atoms with E-state index in [-0.39, 0.29) is 5.91 Å². The quantitative estimate of drug-likeness (QED) is 0.318. The Morgan fingerprint density at radius 2 is 1.53 bits per heavy atom. The summed E-state index contributed by atoms with van der Waals surface area (Å²) in [6.07, 6.45) is 4.60. The zero-order valence-electron chi connectivity index (χ0n) is 9.70. The first-order chi connectivity index (χ1) is 8.07. The molecule has 0 aliphatic carbocycles. The number of amides is 2. The Morgan fingerprint density at radius 1 is 1.00 bits per heavy atom. The number of aliphatic carboxylic acids is 1. The molecule has 0 aromatic heterocycles. The van der Waals surface area contributed by atoms with Crippen LogP contribution in [-0.2, 0) is 14.4 Å². The molecule has 0 saturated carbocycles. The number of carbonyl (C=O) groups excluding carboxylic acids is 2. The van der Waals surface area contributed by atoms with Gasteiger partial charge in [-0.25, -0.2) is 4.79 Å². The summed E-state index contributed by atoms with van der Waals surface area (Å²) in [5, 5.41) is 13.2. The summed E-state index contributed by atoms with van der Waals surface area (Å²) in [6, 6.07) is 0. The van der Waals surface area contributed by atoms with Gasteiger partial charge in [-0.1, -0.05) is 19.4 Å². The van der Waals surface area contributed by atoms with Crippen LogP contribution >= 0.6 is 0 Å². The third-order valence-electron chi connectivity index (χ3n) is 2.07. The highest BCUT2D eigenvalue weighted by Gasteiger charge is 2.08. The SMILES string of the molecule is C=CC(=O)NCCCCCCNC(=O)C(=O)O. The number of carbonyl (C=O) groups is 3. The minimum atomic E-state index is -1.46. The second-order valence-corrected chi connectivity index (χ2v) is 3.47. The fourth-order valence-corrected chi connectivity index (χ4v) is 1.16. The maximum absolute atomic E-state index is 10.8. The van der Waals surface area contributed by atoms with Gasteiger partial charge in [-0.2, -0.15) is 0 Å². The molecule has 0 rings (SSSR count). The summed E-state index contributed by atoms with van der Waals surface area (Å²) < 4.78 is 0. The van der Waals surface area contributed by atoms with Crippen LogP contribution in [0.5, 0.6) is 0 Å². The van der Waals surface area contributed by atoms with Crippen LogP contribution in [-0.4, -0.2) is 36.0 Å². The number of unbranched alkanes of at least 4 members (excludes halogenated alkanes) is 3. The van der Waals surface area contributed by atoms with Crippen LogP contribution in [0, 0.1) is 0 Å². The van der Waals surface area contributed by atoms with Crippen molar-refractivity contribution in [2.75, 3.05) is 13.1 Å². The third-order valence-corrected chi connectivity index (χ3v) is 2.07. The summed E-state index contributed by atoms with van der Waals surface area (Å²) in [6.45, 7) is 4.30. The van der Waals surface area contributed by atoms with Gasteiger partial charge >= 0.3 is 11.9 Å². The topological polar surface area (TPSA) is 95.5 Å². The van der Waals surface area contributed by atoms with Gasteiger partial charge in [0, 0.05) is 13.1 Å². The zero-order valence-corrected chi connectivity index (χ0v) is 9.70. The number of nitrogens with one attached hydrogen (secondary N) is 2. The van der Waals surface area contributed by atoms with Crippen LogP contribution in [0.15, 0.2) is 12.7 Å². The second kappa shape index (κ2) is 9.38. The van der Waals surface area contributed by atoms with E-state index >= 15 is 0 Å². The predicted octanol–water partition coefficient (Wildman–Crippen LogP) is 0.0498. The molecule has 0 bridgehead atoms. The third kappa shape index (κ3) is 9.10. The van der Waals surface area contributed by atoms with Gasteiger partial charge in [0.1, 0.15) is 0 Å². The highest BCUT2D eigenvalue weighted by atomic mass is 16.4. The summed E-state index contributed by atoms with van der Waals surface area (Å²) >= 11 is 0. The smallest absolute Gasteiger partial charge is 0.394 e. The molecule has 0 aromatic carbocycles. The van der Waals surface area contributed by atoms with Crippen molar-refractivity contribution in [2.24, 2.45) is 0 Å². The Balaban J connectivity index is 3.24. The Kier molecular flexibility index (Phi) is 8.36. The molecule has 96 valence electrons. The lowest BCUT2D eigenvalue weighted by Crippen LogP contribution is -2.31. The van der Waals surface area contributed by atoms with E-state index in [1.807, 2.05) is 0 Å². The molecule has 6 heteroatoms. The molecule has 2 amide bonds. The lowest BCUT2D eigenvalue weighted by atomic mass is 10.2. The molecule has 0 aromatic rings. The largest absolute Gasteiger partial charge is 0.474 e. The van der Waals surface area contributed by atoms with Gasteiger partial charge in [0.25, 0.3) is 0 Å². The minimum absolute atomic E-state index is 0.182. The van der Waals surface area contributed by atoms with Gasteiger partial charge in [0.2, 0.25) is 5.91 Å². The summed E-state index contributed by atoms with van der Waals surface area (Å²) in [5.41, 5.74) is 0. The second-order valence-electron chi connectivity index (χ2n) is 3.47. The van der Waals surface area contributed by atoms with E-state index in [4.69, 9.17) is 5.11 Å². The number of hydrogen-bond donors (Lipinski definition) is 3. The summed E-state index contributed by atoms with van der Waals surface area (Å²) in [7, 11) is 0. The normalized spacial score (nSPS) is 9.41.